The van der Waals surface area contributed by atoms with Crippen molar-refractivity contribution in [3.05, 3.63) is 83.9 Å². The number of rotatable bonds is 9. The summed E-state index contributed by atoms with van der Waals surface area (Å²) in [7, 11) is -1.58. The van der Waals surface area contributed by atoms with Gasteiger partial charge in [-0.3, -0.25) is 9.10 Å². The Morgan fingerprint density at radius 2 is 1.39 bits per heavy atom. The fourth-order valence-electron chi connectivity index (χ4n) is 3.25. The average molecular weight is 513 g/mol. The Morgan fingerprint density at radius 3 is 1.94 bits per heavy atom. The van der Waals surface area contributed by atoms with Crippen LogP contribution in [0.5, 0.6) is 11.5 Å². The van der Waals surface area contributed by atoms with E-state index in [1.165, 1.54) is 38.5 Å². The zero-order valence-corrected chi connectivity index (χ0v) is 20.6. The summed E-state index contributed by atoms with van der Waals surface area (Å²) in [6, 6.07) is 19.0. The Bertz CT molecular complexity index is 1340. The highest BCUT2D eigenvalue weighted by molar-refractivity contribution is 7.92. The van der Waals surface area contributed by atoms with Gasteiger partial charge in [0.25, 0.3) is 0 Å². The Kier molecular flexibility index (Phi) is 8.28. The van der Waals surface area contributed by atoms with E-state index in [9.17, 15) is 22.8 Å². The van der Waals surface area contributed by atoms with Gasteiger partial charge in [0, 0.05) is 5.69 Å². The van der Waals surface area contributed by atoms with Gasteiger partial charge < -0.3 is 19.5 Å². The van der Waals surface area contributed by atoms with Gasteiger partial charge in [-0.1, -0.05) is 30.3 Å². The number of para-hydroxylation sites is 3. The van der Waals surface area contributed by atoms with Crippen molar-refractivity contribution in [1.29, 1.82) is 0 Å². The third-order valence-corrected chi connectivity index (χ3v) is 5.98. The van der Waals surface area contributed by atoms with Gasteiger partial charge in [-0.05, 0) is 42.5 Å². The van der Waals surface area contributed by atoms with E-state index in [0.29, 0.717) is 5.75 Å². The number of amides is 1. The highest BCUT2D eigenvalue weighted by Crippen LogP contribution is 2.33. The predicted octanol–water partition coefficient (Wildman–Crippen LogP) is 3.46. The lowest BCUT2D eigenvalue weighted by molar-refractivity contribution is -0.114. The average Bonchev–Trinajstić information content (AvgIpc) is 2.86. The predicted molar refractivity (Wildman–Crippen MR) is 133 cm³/mol. The van der Waals surface area contributed by atoms with Gasteiger partial charge in [0.05, 0.1) is 37.3 Å². The lowest BCUT2D eigenvalue weighted by atomic mass is 10.1. The second-order valence-corrected chi connectivity index (χ2v) is 9.39. The highest BCUT2D eigenvalue weighted by Gasteiger charge is 2.25. The summed E-state index contributed by atoms with van der Waals surface area (Å²) in [6.07, 6.45) is 0.965. The molecule has 0 bridgehead atoms. The number of ether oxygens (including phenoxy) is 3. The summed E-state index contributed by atoms with van der Waals surface area (Å²) < 4.78 is 41.4. The molecule has 0 aliphatic carbocycles. The van der Waals surface area contributed by atoms with Crippen LogP contribution in [0, 0.1) is 0 Å². The lowest BCUT2D eigenvalue weighted by Crippen LogP contribution is -2.37. The number of hydrogen-bond acceptors (Lipinski definition) is 8. The molecule has 0 unspecified atom stereocenters. The molecular formula is C25H24N2O8S. The first-order valence-corrected chi connectivity index (χ1v) is 12.4. The van der Waals surface area contributed by atoms with Gasteiger partial charge >= 0.3 is 11.9 Å². The summed E-state index contributed by atoms with van der Waals surface area (Å²) in [4.78, 5) is 36.9. The van der Waals surface area contributed by atoms with Crippen molar-refractivity contribution in [3.8, 4) is 11.5 Å². The van der Waals surface area contributed by atoms with Crippen LogP contribution < -0.4 is 14.4 Å². The number of carbonyl (C=O) groups is 3. The Balaban J connectivity index is 1.91. The molecule has 0 atom stereocenters. The van der Waals surface area contributed by atoms with Crippen LogP contribution in [0.2, 0.25) is 0 Å². The largest absolute Gasteiger partial charge is 0.465 e. The molecule has 3 aromatic carbocycles. The Hall–Kier alpha value is -4.38. The number of anilines is 2. The molecule has 36 heavy (non-hydrogen) atoms. The van der Waals surface area contributed by atoms with Gasteiger partial charge in [0.1, 0.15) is 12.3 Å². The molecule has 1 amide bonds. The normalized spacial score (nSPS) is 10.8. The molecule has 0 saturated carbocycles. The number of nitrogens with one attached hydrogen (secondary N) is 1. The van der Waals surface area contributed by atoms with E-state index in [0.717, 1.165) is 10.6 Å². The van der Waals surface area contributed by atoms with E-state index < -0.39 is 34.4 Å². The molecule has 0 aromatic heterocycles. The maximum absolute atomic E-state index is 12.9. The summed E-state index contributed by atoms with van der Waals surface area (Å²) in [5.41, 5.74) is 0.220. The molecule has 10 nitrogen and oxygen atoms in total. The number of carbonyl (C=O) groups excluding carboxylic acids is 3. The number of esters is 2. The van der Waals surface area contributed by atoms with Crippen molar-refractivity contribution < 1.29 is 37.0 Å². The van der Waals surface area contributed by atoms with Crippen LogP contribution in [0.4, 0.5) is 11.4 Å². The number of sulfonamides is 1. The minimum Gasteiger partial charge on any atom is -0.465 e. The van der Waals surface area contributed by atoms with Gasteiger partial charge in [0.2, 0.25) is 15.9 Å². The van der Waals surface area contributed by atoms with E-state index in [2.05, 4.69) is 14.8 Å². The Labute approximate surface area is 208 Å². The first kappa shape index (κ1) is 26.2. The molecule has 3 aromatic rings. The number of methoxy groups -OCH3 is 2. The van der Waals surface area contributed by atoms with E-state index in [1.807, 2.05) is 6.07 Å². The summed E-state index contributed by atoms with van der Waals surface area (Å²) in [5.74, 6) is -1.49. The van der Waals surface area contributed by atoms with E-state index >= 15 is 0 Å². The molecule has 3 rings (SSSR count). The standard InChI is InChI=1S/C25H24N2O8S/c1-33-24(29)17-13-18(25(30)34-2)15-19(14-17)26-23(28)16-27(36(3,31)32)21-11-7-8-12-22(21)35-20-9-5-4-6-10-20/h4-15H,16H2,1-3H3,(H,26,28). The van der Waals surface area contributed by atoms with Gasteiger partial charge in [-0.15, -0.1) is 0 Å². The molecule has 1 N–H and O–H groups in total. The highest BCUT2D eigenvalue weighted by atomic mass is 32.2. The monoisotopic (exact) mass is 512 g/mol. The lowest BCUT2D eigenvalue weighted by Gasteiger charge is -2.24. The van der Waals surface area contributed by atoms with Crippen LogP contribution in [0.15, 0.2) is 72.8 Å². The van der Waals surface area contributed by atoms with Gasteiger partial charge in [0.15, 0.2) is 5.75 Å². The minimum atomic E-state index is -3.93. The second kappa shape index (κ2) is 11.4. The molecule has 0 spiro atoms. The van der Waals surface area contributed by atoms with Crippen molar-refractivity contribution in [2.45, 2.75) is 0 Å². The van der Waals surface area contributed by atoms with E-state index in [-0.39, 0.29) is 28.3 Å². The van der Waals surface area contributed by atoms with Crippen molar-refractivity contribution in [1.82, 2.24) is 0 Å². The van der Waals surface area contributed by atoms with Gasteiger partial charge in [-0.25, -0.2) is 18.0 Å². The fraction of sp³-hybridized carbons (Fsp3) is 0.160. The van der Waals surface area contributed by atoms with Crippen molar-refractivity contribution in [3.63, 3.8) is 0 Å². The van der Waals surface area contributed by atoms with E-state index in [1.54, 1.807) is 42.5 Å². The minimum absolute atomic E-state index is 0.00252. The summed E-state index contributed by atoms with van der Waals surface area (Å²) >= 11 is 0. The third kappa shape index (κ3) is 6.60. The smallest absolute Gasteiger partial charge is 0.337 e. The van der Waals surface area contributed by atoms with Crippen molar-refractivity contribution in [2.24, 2.45) is 0 Å². The summed E-state index contributed by atoms with van der Waals surface area (Å²) in [6.45, 7) is -0.607. The zero-order valence-electron chi connectivity index (χ0n) is 19.8. The number of nitrogens with zero attached hydrogens (tertiary/aromatic N) is 1. The molecule has 0 radical (unpaired) electrons. The topological polar surface area (TPSA) is 128 Å². The molecule has 0 aliphatic heterocycles. The maximum atomic E-state index is 12.9. The molecular weight excluding hydrogens is 488 g/mol. The first-order chi connectivity index (χ1) is 17.1. The van der Waals surface area contributed by atoms with Crippen molar-refractivity contribution in [2.75, 3.05) is 36.6 Å². The fourth-order valence-corrected chi connectivity index (χ4v) is 4.11. The molecule has 0 aliphatic rings. The molecule has 0 heterocycles. The SMILES string of the molecule is COC(=O)c1cc(NC(=O)CN(c2ccccc2Oc2ccccc2)S(C)(=O)=O)cc(C(=O)OC)c1. The van der Waals surface area contributed by atoms with Crippen LogP contribution in [-0.2, 0) is 24.3 Å². The third-order valence-electron chi connectivity index (χ3n) is 4.85. The Morgan fingerprint density at radius 1 is 0.833 bits per heavy atom. The summed E-state index contributed by atoms with van der Waals surface area (Å²) in [5, 5.41) is 2.52. The molecule has 0 saturated heterocycles. The zero-order chi connectivity index (χ0) is 26.3. The van der Waals surface area contributed by atoms with E-state index in [4.69, 9.17) is 4.74 Å². The van der Waals surface area contributed by atoms with Crippen molar-refractivity contribution >= 4 is 39.2 Å². The van der Waals surface area contributed by atoms with Crippen LogP contribution in [0.3, 0.4) is 0 Å². The number of hydrogen-bond donors (Lipinski definition) is 1. The van der Waals surface area contributed by atoms with Crippen LogP contribution in [-0.4, -0.2) is 53.3 Å². The van der Waals surface area contributed by atoms with Gasteiger partial charge in [-0.2, -0.15) is 0 Å². The molecule has 11 heteroatoms. The molecule has 188 valence electrons. The quantitative estimate of drug-likeness (QED) is 0.432. The maximum Gasteiger partial charge on any atom is 0.337 e. The van der Waals surface area contributed by atoms with Crippen LogP contribution >= 0.6 is 0 Å². The van der Waals surface area contributed by atoms with Crippen LogP contribution in [0.1, 0.15) is 20.7 Å². The second-order valence-electron chi connectivity index (χ2n) is 7.48. The van der Waals surface area contributed by atoms with Crippen LogP contribution in [0.25, 0.3) is 0 Å². The molecule has 0 fully saturated rings. The number of benzene rings is 3. The first-order valence-electron chi connectivity index (χ1n) is 10.5.